The van der Waals surface area contributed by atoms with E-state index in [1.807, 2.05) is 0 Å². The van der Waals surface area contributed by atoms with Crippen molar-refractivity contribution >= 4 is 70.1 Å². The first-order valence-electron chi connectivity index (χ1n) is 18.1. The number of nitrogens with zero attached hydrogens (tertiary/aromatic N) is 4. The van der Waals surface area contributed by atoms with Gasteiger partial charge in [0.25, 0.3) is 17.5 Å². The number of nitrogens with one attached hydrogen (secondary N) is 1. The summed E-state index contributed by atoms with van der Waals surface area (Å²) < 4.78 is 45.8. The van der Waals surface area contributed by atoms with Crippen LogP contribution in [0.15, 0.2) is 96.7 Å². The second kappa shape index (κ2) is 14.5. The molecule has 8 rings (SSSR count). The van der Waals surface area contributed by atoms with E-state index >= 15 is 4.79 Å². The molecular weight excluding hydrogens is 818 g/mol. The molecule has 3 aromatic carbocycles. The Morgan fingerprint density at radius 2 is 1.69 bits per heavy atom. The average molecular weight is 849 g/mol. The van der Waals surface area contributed by atoms with Crippen molar-refractivity contribution < 1.29 is 47.1 Å². The summed E-state index contributed by atoms with van der Waals surface area (Å²) in [7, 11) is 1.37. The maximum Gasteiger partial charge on any atom is 0.417 e. The van der Waals surface area contributed by atoms with Gasteiger partial charge >= 0.3 is 6.18 Å². The molecule has 0 radical (unpaired) electrons. The molecule has 4 amide bonds. The highest BCUT2D eigenvalue weighted by molar-refractivity contribution is 6.33. The molecule has 1 saturated carbocycles. The minimum atomic E-state index is -4.78. The number of methoxy groups -OCH3 is 1. The van der Waals surface area contributed by atoms with Gasteiger partial charge in [0.1, 0.15) is 0 Å². The van der Waals surface area contributed by atoms with Gasteiger partial charge < -0.3 is 9.84 Å². The van der Waals surface area contributed by atoms with E-state index in [1.54, 1.807) is 54.6 Å². The number of pyridine rings is 1. The smallest absolute Gasteiger partial charge is 0.417 e. The number of aromatic hydroxyl groups is 1. The van der Waals surface area contributed by atoms with Gasteiger partial charge in [-0.1, -0.05) is 65.2 Å². The van der Waals surface area contributed by atoms with E-state index in [0.29, 0.717) is 39.0 Å². The fourth-order valence-corrected chi connectivity index (χ4v) is 9.35. The number of allylic oxidation sites excluding steroid dienone is 3. The Morgan fingerprint density at radius 3 is 2.34 bits per heavy atom. The zero-order valence-electron chi connectivity index (χ0n) is 30.5. The Morgan fingerprint density at radius 1 is 0.983 bits per heavy atom. The first kappa shape index (κ1) is 39.6. The number of hydrazine groups is 1. The molecule has 4 aliphatic rings. The lowest BCUT2D eigenvalue weighted by atomic mass is 9.50. The van der Waals surface area contributed by atoms with Crippen molar-refractivity contribution in [3.63, 3.8) is 0 Å². The number of carbonyl (C=O) groups is 4. The van der Waals surface area contributed by atoms with Crippen molar-refractivity contribution in [2.45, 2.75) is 24.4 Å². The molecule has 2 aliphatic heterocycles. The number of carbonyl (C=O) groups excluding carboxylic acids is 4. The van der Waals surface area contributed by atoms with Gasteiger partial charge in [-0.15, -0.1) is 0 Å². The molecule has 59 heavy (non-hydrogen) atoms. The van der Waals surface area contributed by atoms with Crippen LogP contribution < -0.4 is 15.1 Å². The van der Waals surface area contributed by atoms with Crippen molar-refractivity contribution in [2.75, 3.05) is 17.4 Å². The fourth-order valence-electron chi connectivity index (χ4n) is 9.01. The summed E-state index contributed by atoms with van der Waals surface area (Å²) in [6, 6.07) is 16.5. The molecule has 0 bridgehead atoms. The predicted octanol–water partition coefficient (Wildman–Crippen LogP) is 7.76. The Kier molecular flexibility index (Phi) is 9.74. The molecule has 4 aromatic rings. The van der Waals surface area contributed by atoms with Crippen molar-refractivity contribution in [3.8, 4) is 11.5 Å². The highest BCUT2D eigenvalue weighted by Crippen LogP contribution is 2.62. The summed E-state index contributed by atoms with van der Waals surface area (Å²) in [5, 5.41) is 22.1. The standard InChI is InChI=1S/C41H30Cl2F3N5O8/c1-59-33-16-20(3-15-32(33)52)2-14-29-26-12-13-27-34(38(55)49(36(27)53)24-8-10-25(11-9-24)51(57)58)28(26)18-30-37(54)50(39(56)40(29,30)21-4-6-23(42)7-5-21)48-35-31(43)17-22(19-47-35)41(44,45)46/h2-12,14-17,19,27-30,34,52H,13,18H2,1H3,(H,47,48)/t27-,28+,29-,30-,34-,40-/m0/s1. The van der Waals surface area contributed by atoms with Gasteiger partial charge in [-0.25, -0.2) is 4.98 Å². The highest BCUT2D eigenvalue weighted by Gasteiger charge is 2.69. The third-order valence-electron chi connectivity index (χ3n) is 11.6. The van der Waals surface area contributed by atoms with Crippen LogP contribution in [0.25, 0.3) is 6.08 Å². The number of phenolic OH excluding ortho intramolecular Hbond substituents is 1. The second-order valence-corrected chi connectivity index (χ2v) is 15.4. The largest absolute Gasteiger partial charge is 0.504 e. The summed E-state index contributed by atoms with van der Waals surface area (Å²) in [6.45, 7) is 0. The van der Waals surface area contributed by atoms with Crippen molar-refractivity contribution in [1.29, 1.82) is 0 Å². The fraction of sp³-hybridized carbons (Fsp3) is 0.244. The number of alkyl halides is 3. The Bertz CT molecular complexity index is 2520. The van der Waals surface area contributed by atoms with E-state index in [-0.39, 0.29) is 35.7 Å². The topological polar surface area (TPSA) is 172 Å². The van der Waals surface area contributed by atoms with Crippen molar-refractivity contribution in [3.05, 3.63) is 134 Å². The minimum absolute atomic E-state index is 0.0818. The molecule has 2 aliphatic carbocycles. The van der Waals surface area contributed by atoms with Gasteiger partial charge in [-0.05, 0) is 72.4 Å². The van der Waals surface area contributed by atoms with Crippen LogP contribution in [-0.2, 0) is 30.8 Å². The van der Waals surface area contributed by atoms with Gasteiger partial charge in [0.15, 0.2) is 17.3 Å². The zero-order valence-corrected chi connectivity index (χ0v) is 32.0. The van der Waals surface area contributed by atoms with Crippen LogP contribution in [0.2, 0.25) is 10.0 Å². The van der Waals surface area contributed by atoms with Crippen LogP contribution in [0.3, 0.4) is 0 Å². The Labute approximate surface area is 342 Å². The number of hydrogen-bond acceptors (Lipinski definition) is 10. The number of ether oxygens (including phenoxy) is 1. The van der Waals surface area contributed by atoms with Gasteiger partial charge in [0.05, 0.1) is 51.5 Å². The Hall–Kier alpha value is -6.26. The highest BCUT2D eigenvalue weighted by atomic mass is 35.5. The normalized spacial score (nSPS) is 25.2. The van der Waals surface area contributed by atoms with Crippen LogP contribution in [0, 0.1) is 39.7 Å². The van der Waals surface area contributed by atoms with Crippen molar-refractivity contribution in [2.24, 2.45) is 29.6 Å². The van der Waals surface area contributed by atoms with E-state index in [2.05, 4.69) is 10.4 Å². The van der Waals surface area contributed by atoms with Crippen LogP contribution in [0.4, 0.5) is 30.4 Å². The van der Waals surface area contributed by atoms with E-state index in [0.717, 1.165) is 4.90 Å². The number of nitro groups is 1. The van der Waals surface area contributed by atoms with E-state index in [9.17, 15) is 42.8 Å². The molecule has 2 N–H and O–H groups in total. The molecule has 3 heterocycles. The number of benzene rings is 3. The first-order chi connectivity index (χ1) is 28.1. The summed E-state index contributed by atoms with van der Waals surface area (Å²) in [6.07, 6.45) is 0.882. The molecule has 13 nitrogen and oxygen atoms in total. The van der Waals surface area contributed by atoms with Gasteiger partial charge in [-0.2, -0.15) is 18.2 Å². The molecule has 18 heteroatoms. The predicted molar refractivity (Wildman–Crippen MR) is 207 cm³/mol. The van der Waals surface area contributed by atoms with Crippen LogP contribution >= 0.6 is 23.2 Å². The number of phenols is 1. The van der Waals surface area contributed by atoms with Crippen molar-refractivity contribution in [1.82, 2.24) is 9.99 Å². The molecule has 6 atom stereocenters. The molecule has 0 spiro atoms. The molecule has 0 unspecified atom stereocenters. The van der Waals surface area contributed by atoms with Gasteiger partial charge in [0, 0.05) is 29.3 Å². The maximum atomic E-state index is 15.3. The minimum Gasteiger partial charge on any atom is -0.504 e. The van der Waals surface area contributed by atoms with E-state index < -0.39 is 86.1 Å². The van der Waals surface area contributed by atoms with Crippen LogP contribution in [-0.4, -0.2) is 50.8 Å². The molecular formula is C41H30Cl2F3N5O8. The second-order valence-electron chi connectivity index (χ2n) is 14.5. The number of amides is 4. The van der Waals surface area contributed by atoms with Gasteiger partial charge in [0.2, 0.25) is 11.8 Å². The number of aromatic nitrogens is 1. The summed E-state index contributed by atoms with van der Waals surface area (Å²) in [5.41, 5.74) is 1.04. The number of imide groups is 2. The lowest BCUT2D eigenvalue weighted by molar-refractivity contribution is -0.384. The number of halogens is 5. The van der Waals surface area contributed by atoms with Crippen LogP contribution in [0.1, 0.15) is 29.5 Å². The third-order valence-corrected chi connectivity index (χ3v) is 12.2. The quantitative estimate of drug-likeness (QED) is 0.0773. The summed E-state index contributed by atoms with van der Waals surface area (Å²) in [5.74, 6) is -7.95. The maximum absolute atomic E-state index is 15.3. The lowest BCUT2D eigenvalue weighted by Crippen LogP contribution is -2.54. The van der Waals surface area contributed by atoms with Crippen LogP contribution in [0.5, 0.6) is 11.5 Å². The SMILES string of the molecule is COc1cc(C=C[C@H]2C3=CC[C@@H]4C(=O)N(c5ccc([N+](=O)[O-])cc5)C(=O)[C@@H]4[C@@H]3C[C@H]3C(=O)N(Nc4ncc(C(F)(F)F)cc4Cl)C(=O)[C@@]23c2ccc(Cl)cc2)ccc1O. The molecule has 302 valence electrons. The number of nitro benzene ring substituents is 1. The van der Waals surface area contributed by atoms with Gasteiger partial charge in [-0.3, -0.25) is 39.6 Å². The lowest BCUT2D eigenvalue weighted by Gasteiger charge is -2.49. The zero-order chi connectivity index (χ0) is 42.1. The molecule has 3 fully saturated rings. The number of fused-ring (bicyclic) bond motifs is 4. The number of hydrogen-bond donors (Lipinski definition) is 2. The number of anilines is 2. The average Bonchev–Trinajstić information content (AvgIpc) is 3.59. The Balaban J connectivity index is 1.28. The first-order valence-corrected chi connectivity index (χ1v) is 18.8. The molecule has 2 saturated heterocycles. The summed E-state index contributed by atoms with van der Waals surface area (Å²) in [4.78, 5) is 74.1. The number of non-ortho nitro benzene ring substituents is 1. The third kappa shape index (κ3) is 6.37. The monoisotopic (exact) mass is 847 g/mol. The van der Waals surface area contributed by atoms with E-state index in [1.165, 1.54) is 37.4 Å². The van der Waals surface area contributed by atoms with E-state index in [4.69, 9.17) is 27.9 Å². The molecule has 1 aromatic heterocycles. The number of rotatable bonds is 8. The summed E-state index contributed by atoms with van der Waals surface area (Å²) >= 11 is 12.6.